The van der Waals surface area contributed by atoms with Gasteiger partial charge in [0.1, 0.15) is 17.9 Å². The number of anilines is 1. The van der Waals surface area contributed by atoms with E-state index in [0.717, 1.165) is 22.2 Å². The van der Waals surface area contributed by atoms with Crippen LogP contribution in [0.4, 0.5) is 23.7 Å². The van der Waals surface area contributed by atoms with Crippen molar-refractivity contribution in [3.63, 3.8) is 0 Å². The first kappa shape index (κ1) is 22.3. The van der Waals surface area contributed by atoms with E-state index in [1.807, 2.05) is 30.3 Å². The highest BCUT2D eigenvalue weighted by Crippen LogP contribution is 2.27. The largest absolute Gasteiger partial charge is 0.573 e. The molecule has 1 aliphatic heterocycles. The van der Waals surface area contributed by atoms with E-state index >= 15 is 0 Å². The van der Waals surface area contributed by atoms with Crippen molar-refractivity contribution >= 4 is 33.4 Å². The predicted octanol–water partition coefficient (Wildman–Crippen LogP) is 4.91. The van der Waals surface area contributed by atoms with E-state index in [0.29, 0.717) is 11.3 Å². The van der Waals surface area contributed by atoms with Gasteiger partial charge < -0.3 is 10.1 Å². The van der Waals surface area contributed by atoms with Gasteiger partial charge in [-0.15, -0.1) is 13.2 Å². The lowest BCUT2D eigenvalue weighted by Gasteiger charge is -2.16. The number of nitrogens with zero attached hydrogens (tertiary/aromatic N) is 5. The summed E-state index contributed by atoms with van der Waals surface area (Å²) in [7, 11) is 0. The highest BCUT2D eigenvalue weighted by Gasteiger charge is 2.33. The van der Waals surface area contributed by atoms with Crippen molar-refractivity contribution in [1.29, 1.82) is 5.26 Å². The maximum absolute atomic E-state index is 12.8. The SMILES string of the molecule is N#Cc1cnn(C2CN(C(=O)Nc3ccc(OC(F)(F)F)cc3)N=C2c2ccc(Br)cc2)c1. The fraction of sp³-hybridized carbons (Fsp3) is 0.143. The van der Waals surface area contributed by atoms with E-state index in [-0.39, 0.29) is 12.2 Å². The monoisotopic (exact) mass is 518 g/mol. The Balaban J connectivity index is 1.55. The van der Waals surface area contributed by atoms with Gasteiger partial charge in [-0.05, 0) is 36.4 Å². The second-order valence-corrected chi connectivity index (χ2v) is 7.83. The fourth-order valence-corrected chi connectivity index (χ4v) is 3.45. The third-order valence-corrected chi connectivity index (χ3v) is 5.18. The number of aromatic nitrogens is 2. The van der Waals surface area contributed by atoms with Gasteiger partial charge >= 0.3 is 12.4 Å². The van der Waals surface area contributed by atoms with E-state index in [9.17, 15) is 18.0 Å². The fourth-order valence-electron chi connectivity index (χ4n) is 3.19. The number of ether oxygens (including phenoxy) is 1. The normalized spacial score (nSPS) is 15.7. The number of carbonyl (C=O) groups is 1. The van der Waals surface area contributed by atoms with Gasteiger partial charge in [0.25, 0.3) is 0 Å². The van der Waals surface area contributed by atoms with Gasteiger partial charge in [-0.2, -0.15) is 15.5 Å². The molecule has 12 heteroatoms. The minimum absolute atomic E-state index is 0.138. The Morgan fingerprint density at radius 1 is 1.18 bits per heavy atom. The van der Waals surface area contributed by atoms with Crippen LogP contribution in [0.2, 0.25) is 0 Å². The Morgan fingerprint density at radius 2 is 1.88 bits per heavy atom. The third kappa shape index (κ3) is 5.32. The summed E-state index contributed by atoms with van der Waals surface area (Å²) in [5.74, 6) is -0.399. The molecule has 1 aliphatic rings. The molecule has 1 N–H and O–H groups in total. The van der Waals surface area contributed by atoms with Crippen LogP contribution in [0.1, 0.15) is 17.2 Å². The van der Waals surface area contributed by atoms with Crippen molar-refractivity contribution < 1.29 is 22.7 Å². The number of nitriles is 1. The van der Waals surface area contributed by atoms with Gasteiger partial charge in [-0.3, -0.25) is 4.68 Å². The van der Waals surface area contributed by atoms with E-state index in [4.69, 9.17) is 5.26 Å². The van der Waals surface area contributed by atoms with Gasteiger partial charge in [-0.25, -0.2) is 9.80 Å². The molecule has 2 aromatic carbocycles. The summed E-state index contributed by atoms with van der Waals surface area (Å²) >= 11 is 3.38. The van der Waals surface area contributed by atoms with Crippen LogP contribution in [0.15, 0.2) is 70.5 Å². The van der Waals surface area contributed by atoms with Gasteiger partial charge in [0.15, 0.2) is 0 Å². The average Bonchev–Trinajstić information content (AvgIpc) is 3.42. The molecule has 0 saturated heterocycles. The summed E-state index contributed by atoms with van der Waals surface area (Å²) in [4.78, 5) is 12.8. The second-order valence-electron chi connectivity index (χ2n) is 6.91. The molecule has 0 saturated carbocycles. The third-order valence-electron chi connectivity index (χ3n) is 4.65. The van der Waals surface area contributed by atoms with Gasteiger partial charge in [0.05, 0.1) is 24.0 Å². The quantitative estimate of drug-likeness (QED) is 0.530. The lowest BCUT2D eigenvalue weighted by Crippen LogP contribution is -2.31. The molecule has 2 amide bonds. The van der Waals surface area contributed by atoms with E-state index in [1.54, 1.807) is 10.9 Å². The molecule has 168 valence electrons. The average molecular weight is 519 g/mol. The summed E-state index contributed by atoms with van der Waals surface area (Å²) in [5, 5.41) is 21.6. The molecule has 0 fully saturated rings. The second kappa shape index (κ2) is 8.95. The molecule has 1 atom stereocenters. The Bertz CT molecular complexity index is 1230. The Labute approximate surface area is 194 Å². The standard InChI is InChI=1S/C21H14BrF3N6O2/c22-15-3-1-14(2-4-15)19-18(30-11-13(9-26)10-27-30)12-31(29-19)20(32)28-16-5-7-17(8-6-16)33-21(23,24)25/h1-8,10-11,18H,12H2,(H,28,32). The van der Waals surface area contributed by atoms with Crippen molar-refractivity contribution in [3.05, 3.63) is 76.5 Å². The minimum Gasteiger partial charge on any atom is -0.406 e. The van der Waals surface area contributed by atoms with Crippen molar-refractivity contribution in [2.24, 2.45) is 5.10 Å². The van der Waals surface area contributed by atoms with E-state index in [1.165, 1.54) is 23.3 Å². The molecule has 1 aromatic heterocycles. The summed E-state index contributed by atoms with van der Waals surface area (Å²) in [6.45, 7) is 0.138. The summed E-state index contributed by atoms with van der Waals surface area (Å²) in [6, 6.07) is 13.1. The van der Waals surface area contributed by atoms with Gasteiger partial charge in [0, 0.05) is 21.9 Å². The van der Waals surface area contributed by atoms with Crippen LogP contribution in [0.5, 0.6) is 5.75 Å². The first-order valence-corrected chi connectivity index (χ1v) is 10.2. The summed E-state index contributed by atoms with van der Waals surface area (Å²) < 4.78 is 43.2. The number of benzene rings is 2. The molecular formula is C21H14BrF3N6O2. The predicted molar refractivity (Wildman–Crippen MR) is 116 cm³/mol. The molecule has 1 unspecified atom stereocenters. The Morgan fingerprint density at radius 3 is 2.48 bits per heavy atom. The van der Waals surface area contributed by atoms with Gasteiger partial charge in [-0.1, -0.05) is 28.1 Å². The molecule has 8 nitrogen and oxygen atoms in total. The molecule has 3 aromatic rings. The number of urea groups is 1. The number of hydrogen-bond acceptors (Lipinski definition) is 5. The molecular weight excluding hydrogens is 505 g/mol. The van der Waals surface area contributed by atoms with Crippen LogP contribution in [0.25, 0.3) is 0 Å². The number of halogens is 4. The maximum Gasteiger partial charge on any atom is 0.573 e. The Kier molecular flexibility index (Phi) is 6.06. The molecule has 33 heavy (non-hydrogen) atoms. The van der Waals surface area contributed by atoms with Crippen LogP contribution >= 0.6 is 15.9 Å². The Hall–Kier alpha value is -3.85. The maximum atomic E-state index is 12.8. The first-order valence-electron chi connectivity index (χ1n) is 9.45. The van der Waals surface area contributed by atoms with Crippen molar-refractivity contribution in [1.82, 2.24) is 14.8 Å². The van der Waals surface area contributed by atoms with E-state index in [2.05, 4.69) is 36.2 Å². The number of hydrogen-bond donors (Lipinski definition) is 1. The lowest BCUT2D eigenvalue weighted by molar-refractivity contribution is -0.274. The van der Waals surface area contributed by atoms with E-state index < -0.39 is 24.2 Å². The molecule has 4 rings (SSSR count). The zero-order valence-electron chi connectivity index (χ0n) is 16.6. The summed E-state index contributed by atoms with van der Waals surface area (Å²) in [5.41, 5.74) is 1.97. The number of rotatable bonds is 4. The zero-order valence-corrected chi connectivity index (χ0v) is 18.2. The molecule has 0 aliphatic carbocycles. The molecule has 0 spiro atoms. The lowest BCUT2D eigenvalue weighted by atomic mass is 10.0. The van der Waals surface area contributed by atoms with Gasteiger partial charge in [0.2, 0.25) is 0 Å². The first-order chi connectivity index (χ1) is 15.7. The zero-order chi connectivity index (χ0) is 23.6. The van der Waals surface area contributed by atoms with Crippen LogP contribution in [0.3, 0.4) is 0 Å². The topological polar surface area (TPSA) is 95.5 Å². The van der Waals surface area contributed by atoms with Crippen LogP contribution < -0.4 is 10.1 Å². The number of amides is 2. The number of carbonyl (C=O) groups excluding carboxylic acids is 1. The number of alkyl halides is 3. The van der Waals surface area contributed by atoms with Crippen LogP contribution in [-0.2, 0) is 0 Å². The highest BCUT2D eigenvalue weighted by atomic mass is 79.9. The molecule has 2 heterocycles. The highest BCUT2D eigenvalue weighted by molar-refractivity contribution is 9.10. The van der Waals surface area contributed by atoms with Crippen molar-refractivity contribution in [3.8, 4) is 11.8 Å². The number of nitrogens with one attached hydrogen (secondary N) is 1. The summed E-state index contributed by atoms with van der Waals surface area (Å²) in [6.07, 6.45) is -1.81. The molecule has 0 bridgehead atoms. The molecule has 0 radical (unpaired) electrons. The smallest absolute Gasteiger partial charge is 0.406 e. The van der Waals surface area contributed by atoms with Crippen molar-refractivity contribution in [2.45, 2.75) is 12.4 Å². The van der Waals surface area contributed by atoms with Crippen molar-refractivity contribution in [2.75, 3.05) is 11.9 Å². The minimum atomic E-state index is -4.80. The van der Waals surface area contributed by atoms with Crippen LogP contribution in [0, 0.1) is 11.3 Å². The number of hydrazone groups is 1. The van der Waals surface area contributed by atoms with Crippen LogP contribution in [-0.4, -0.2) is 39.4 Å².